The Morgan fingerprint density at radius 2 is 1.97 bits per heavy atom. The van der Waals surface area contributed by atoms with Crippen molar-refractivity contribution in [3.63, 3.8) is 0 Å². The first kappa shape index (κ1) is 21.4. The fraction of sp³-hybridized carbons (Fsp3) is 0.440. The average Bonchev–Trinajstić information content (AvgIpc) is 3.23. The van der Waals surface area contributed by atoms with E-state index < -0.39 is 0 Å². The maximum absolute atomic E-state index is 11.6. The molecular weight excluding hydrogens is 392 g/mol. The predicted molar refractivity (Wildman–Crippen MR) is 120 cm³/mol. The molecule has 0 bridgehead atoms. The van der Waals surface area contributed by atoms with Crippen molar-refractivity contribution in [3.05, 3.63) is 53.7 Å². The molecule has 1 unspecified atom stereocenters. The Morgan fingerprint density at radius 1 is 1.19 bits per heavy atom. The SMILES string of the molecule is COc1cc(C(C)=O)ccc1OCCC(C)N1CCC(c2noc3ccccc23)CC1. The third-order valence-corrected chi connectivity index (χ3v) is 6.31. The summed E-state index contributed by atoms with van der Waals surface area (Å²) in [7, 11) is 1.59. The molecule has 0 spiro atoms. The van der Waals surface area contributed by atoms with Crippen LogP contribution >= 0.6 is 0 Å². The summed E-state index contributed by atoms with van der Waals surface area (Å²) in [6, 6.07) is 13.9. The minimum Gasteiger partial charge on any atom is -0.493 e. The number of carbonyl (C=O) groups is 1. The fourth-order valence-corrected chi connectivity index (χ4v) is 4.34. The molecule has 164 valence electrons. The molecule has 3 aromatic rings. The maximum Gasteiger partial charge on any atom is 0.167 e. The van der Waals surface area contributed by atoms with E-state index in [-0.39, 0.29) is 5.78 Å². The maximum atomic E-state index is 11.6. The van der Waals surface area contributed by atoms with E-state index in [9.17, 15) is 4.79 Å². The summed E-state index contributed by atoms with van der Waals surface area (Å²) in [5.74, 6) is 1.74. The smallest absolute Gasteiger partial charge is 0.167 e. The van der Waals surface area contributed by atoms with Gasteiger partial charge < -0.3 is 18.9 Å². The summed E-state index contributed by atoms with van der Waals surface area (Å²) in [5.41, 5.74) is 2.60. The topological polar surface area (TPSA) is 64.8 Å². The zero-order chi connectivity index (χ0) is 21.8. The largest absolute Gasteiger partial charge is 0.493 e. The average molecular weight is 423 g/mol. The highest BCUT2D eigenvalue weighted by atomic mass is 16.5. The number of ether oxygens (including phenoxy) is 2. The summed E-state index contributed by atoms with van der Waals surface area (Å²) >= 11 is 0. The fourth-order valence-electron chi connectivity index (χ4n) is 4.34. The third kappa shape index (κ3) is 4.74. The highest BCUT2D eigenvalue weighted by Crippen LogP contribution is 2.33. The molecule has 1 aromatic heterocycles. The molecule has 1 fully saturated rings. The first-order valence-electron chi connectivity index (χ1n) is 11.0. The zero-order valence-corrected chi connectivity index (χ0v) is 18.5. The molecule has 0 N–H and O–H groups in total. The van der Waals surface area contributed by atoms with E-state index in [1.54, 1.807) is 26.2 Å². The van der Waals surface area contributed by atoms with Gasteiger partial charge in [-0.2, -0.15) is 0 Å². The second-order valence-electron chi connectivity index (χ2n) is 8.28. The Hall–Kier alpha value is -2.86. The van der Waals surface area contributed by atoms with Crippen molar-refractivity contribution in [2.75, 3.05) is 26.8 Å². The van der Waals surface area contributed by atoms with Gasteiger partial charge in [0, 0.05) is 22.9 Å². The first-order chi connectivity index (χ1) is 15.1. The quantitative estimate of drug-likeness (QED) is 0.472. The lowest BCUT2D eigenvalue weighted by Crippen LogP contribution is -2.40. The number of likely N-dealkylation sites (tertiary alicyclic amines) is 1. The van der Waals surface area contributed by atoms with Crippen LogP contribution in [-0.2, 0) is 0 Å². The van der Waals surface area contributed by atoms with Crippen LogP contribution in [0.3, 0.4) is 0 Å². The Balaban J connectivity index is 1.28. The van der Waals surface area contributed by atoms with E-state index in [4.69, 9.17) is 14.0 Å². The number of carbonyl (C=O) groups excluding carboxylic acids is 1. The molecular formula is C25H30N2O4. The van der Waals surface area contributed by atoms with E-state index in [1.165, 1.54) is 0 Å². The minimum absolute atomic E-state index is 0.0143. The van der Waals surface area contributed by atoms with E-state index in [0.29, 0.717) is 35.6 Å². The monoisotopic (exact) mass is 422 g/mol. The number of rotatable bonds is 8. The number of hydrogen-bond acceptors (Lipinski definition) is 6. The van der Waals surface area contributed by atoms with E-state index in [1.807, 2.05) is 24.3 Å². The van der Waals surface area contributed by atoms with E-state index in [0.717, 1.165) is 49.0 Å². The Kier molecular flexibility index (Phi) is 6.56. The molecule has 2 heterocycles. The van der Waals surface area contributed by atoms with E-state index in [2.05, 4.69) is 23.0 Å². The van der Waals surface area contributed by atoms with Gasteiger partial charge in [-0.05, 0) is 76.5 Å². The number of Topliss-reactive ketones (excluding diaryl/α,β-unsaturated/α-hetero) is 1. The highest BCUT2D eigenvalue weighted by Gasteiger charge is 2.27. The van der Waals surface area contributed by atoms with Crippen LogP contribution in [0.1, 0.15) is 55.1 Å². The van der Waals surface area contributed by atoms with Gasteiger partial charge in [-0.25, -0.2) is 0 Å². The van der Waals surface area contributed by atoms with Crippen molar-refractivity contribution < 1.29 is 18.8 Å². The van der Waals surface area contributed by atoms with Crippen molar-refractivity contribution >= 4 is 16.8 Å². The van der Waals surface area contributed by atoms with Gasteiger partial charge in [0.2, 0.25) is 0 Å². The molecule has 0 saturated carbocycles. The number of aromatic nitrogens is 1. The molecule has 6 heteroatoms. The van der Waals surface area contributed by atoms with Crippen LogP contribution < -0.4 is 9.47 Å². The van der Waals surface area contributed by atoms with Crippen LogP contribution in [0.2, 0.25) is 0 Å². The van der Waals surface area contributed by atoms with Crippen molar-refractivity contribution in [1.29, 1.82) is 0 Å². The molecule has 2 aromatic carbocycles. The molecule has 6 nitrogen and oxygen atoms in total. The van der Waals surface area contributed by atoms with Crippen LogP contribution in [0.4, 0.5) is 0 Å². The highest BCUT2D eigenvalue weighted by molar-refractivity contribution is 5.94. The lowest BCUT2D eigenvalue weighted by atomic mass is 9.91. The summed E-state index contributed by atoms with van der Waals surface area (Å²) in [6.45, 7) is 6.49. The predicted octanol–water partition coefficient (Wildman–Crippen LogP) is 5.08. The van der Waals surface area contributed by atoms with E-state index >= 15 is 0 Å². The van der Waals surface area contributed by atoms with Gasteiger partial charge in [-0.1, -0.05) is 17.3 Å². The van der Waals surface area contributed by atoms with Crippen molar-refractivity contribution in [2.24, 2.45) is 0 Å². The summed E-state index contributed by atoms with van der Waals surface area (Å²) in [6.07, 6.45) is 3.10. The number of hydrogen-bond donors (Lipinski definition) is 0. The molecule has 1 saturated heterocycles. The van der Waals surface area contributed by atoms with Crippen LogP contribution in [0.15, 0.2) is 47.0 Å². The van der Waals surface area contributed by atoms with Gasteiger partial charge in [0.15, 0.2) is 22.9 Å². The lowest BCUT2D eigenvalue weighted by Gasteiger charge is -2.35. The second kappa shape index (κ2) is 9.52. The number of benzene rings is 2. The standard InChI is InChI=1S/C25H30N2O4/c1-17(12-15-30-23-9-8-20(18(2)28)16-24(23)29-3)27-13-10-19(11-14-27)25-21-6-4-5-7-22(21)31-26-25/h4-9,16-17,19H,10-15H2,1-3H3. The van der Waals surface area contributed by atoms with Gasteiger partial charge >= 0.3 is 0 Å². The minimum atomic E-state index is 0.0143. The number of piperidine rings is 1. The molecule has 1 atom stereocenters. The Labute approximate surface area is 183 Å². The normalized spacial score (nSPS) is 16.4. The molecule has 4 rings (SSSR count). The van der Waals surface area contributed by atoms with Gasteiger partial charge in [-0.15, -0.1) is 0 Å². The van der Waals surface area contributed by atoms with Crippen LogP contribution in [0.25, 0.3) is 11.0 Å². The Bertz CT molecular complexity index is 1040. The number of ketones is 1. The van der Waals surface area contributed by atoms with Gasteiger partial charge in [0.05, 0.1) is 19.4 Å². The van der Waals surface area contributed by atoms with Crippen LogP contribution in [0.5, 0.6) is 11.5 Å². The molecule has 0 radical (unpaired) electrons. The molecule has 0 aliphatic carbocycles. The molecule has 1 aliphatic rings. The zero-order valence-electron chi connectivity index (χ0n) is 18.5. The summed E-state index contributed by atoms with van der Waals surface area (Å²) in [4.78, 5) is 14.1. The van der Waals surface area contributed by atoms with Crippen LogP contribution in [-0.4, -0.2) is 48.7 Å². The molecule has 0 amide bonds. The van der Waals surface area contributed by atoms with Crippen molar-refractivity contribution in [1.82, 2.24) is 10.1 Å². The van der Waals surface area contributed by atoms with Crippen molar-refractivity contribution in [2.45, 2.75) is 45.1 Å². The second-order valence-corrected chi connectivity index (χ2v) is 8.28. The number of para-hydroxylation sites is 1. The summed E-state index contributed by atoms with van der Waals surface area (Å²) < 4.78 is 16.9. The first-order valence-corrected chi connectivity index (χ1v) is 11.0. The third-order valence-electron chi connectivity index (χ3n) is 6.31. The molecule has 31 heavy (non-hydrogen) atoms. The van der Waals surface area contributed by atoms with Gasteiger partial charge in [0.1, 0.15) is 0 Å². The summed E-state index contributed by atoms with van der Waals surface area (Å²) in [5, 5.41) is 5.50. The number of methoxy groups -OCH3 is 1. The number of fused-ring (bicyclic) bond motifs is 1. The van der Waals surface area contributed by atoms with Gasteiger partial charge in [-0.3, -0.25) is 4.79 Å². The Morgan fingerprint density at radius 3 is 2.71 bits per heavy atom. The number of nitrogens with zero attached hydrogens (tertiary/aromatic N) is 2. The van der Waals surface area contributed by atoms with Gasteiger partial charge in [0.25, 0.3) is 0 Å². The lowest BCUT2D eigenvalue weighted by molar-refractivity contribution is 0.101. The van der Waals surface area contributed by atoms with Crippen LogP contribution in [0, 0.1) is 0 Å². The molecule has 1 aliphatic heterocycles. The van der Waals surface area contributed by atoms with Crippen molar-refractivity contribution in [3.8, 4) is 11.5 Å².